The summed E-state index contributed by atoms with van der Waals surface area (Å²) in [5, 5.41) is 3.30. The van der Waals surface area contributed by atoms with Gasteiger partial charge in [0.05, 0.1) is 4.47 Å². The number of benzene rings is 1. The number of nitrogens with one attached hydrogen (secondary N) is 1. The van der Waals surface area contributed by atoms with Crippen molar-refractivity contribution >= 4 is 15.9 Å². The highest BCUT2D eigenvalue weighted by molar-refractivity contribution is 9.10. The summed E-state index contributed by atoms with van der Waals surface area (Å²) in [5.74, 6) is 0.405. The Balaban J connectivity index is 2.11. The fourth-order valence-electron chi connectivity index (χ4n) is 1.47. The van der Waals surface area contributed by atoms with Crippen LogP contribution in [0.2, 0.25) is 0 Å². The zero-order chi connectivity index (χ0) is 13.4. The first kappa shape index (κ1) is 15.4. The molecule has 0 aliphatic heterocycles. The van der Waals surface area contributed by atoms with Crippen LogP contribution in [0.4, 0.5) is 4.39 Å². The van der Waals surface area contributed by atoms with Crippen molar-refractivity contribution in [2.75, 3.05) is 40.3 Å². The lowest BCUT2D eigenvalue weighted by Gasteiger charge is -2.11. The maximum absolute atomic E-state index is 12.8. The van der Waals surface area contributed by atoms with Crippen LogP contribution in [0.1, 0.15) is 6.42 Å². The van der Waals surface area contributed by atoms with Gasteiger partial charge >= 0.3 is 0 Å². The molecule has 3 nitrogen and oxygen atoms in total. The van der Waals surface area contributed by atoms with E-state index in [0.29, 0.717) is 16.8 Å². The molecule has 0 radical (unpaired) electrons. The molecule has 0 saturated heterocycles. The van der Waals surface area contributed by atoms with Gasteiger partial charge in [0.15, 0.2) is 0 Å². The Labute approximate surface area is 116 Å². The Bertz CT molecular complexity index is 361. The van der Waals surface area contributed by atoms with Gasteiger partial charge in [0, 0.05) is 6.54 Å². The average molecular weight is 319 g/mol. The molecule has 5 heteroatoms. The molecule has 0 unspecified atom stereocenters. The van der Waals surface area contributed by atoms with E-state index in [1.807, 2.05) is 0 Å². The first-order valence-electron chi connectivity index (χ1n) is 6.03. The topological polar surface area (TPSA) is 24.5 Å². The molecule has 0 fully saturated rings. The molecule has 0 saturated carbocycles. The van der Waals surface area contributed by atoms with Crippen LogP contribution in [0.3, 0.4) is 0 Å². The molecule has 1 rings (SSSR count). The summed E-state index contributed by atoms with van der Waals surface area (Å²) in [5.41, 5.74) is 0. The molecule has 1 N–H and O–H groups in total. The third-order valence-electron chi connectivity index (χ3n) is 2.39. The number of hydrogen-bond donors (Lipinski definition) is 1. The summed E-state index contributed by atoms with van der Waals surface area (Å²) < 4.78 is 19.0. The standard InChI is InChI=1S/C13H20BrFN2O/c1-17(2)8-3-6-16-7-9-18-13-5-4-11(15)10-12(13)14/h4-5,10,16H,3,6-9H2,1-2H3. The number of nitrogens with zero attached hydrogens (tertiary/aromatic N) is 1. The van der Waals surface area contributed by atoms with E-state index in [4.69, 9.17) is 4.74 Å². The summed E-state index contributed by atoms with van der Waals surface area (Å²) in [6.07, 6.45) is 1.12. The van der Waals surface area contributed by atoms with Crippen LogP contribution in [0.15, 0.2) is 22.7 Å². The lowest BCUT2D eigenvalue weighted by molar-refractivity contribution is 0.309. The van der Waals surface area contributed by atoms with Crippen LogP contribution >= 0.6 is 15.9 Å². The van der Waals surface area contributed by atoms with E-state index in [2.05, 4.69) is 40.2 Å². The van der Waals surface area contributed by atoms with Crippen molar-refractivity contribution in [2.45, 2.75) is 6.42 Å². The van der Waals surface area contributed by atoms with Gasteiger partial charge in [-0.25, -0.2) is 4.39 Å². The van der Waals surface area contributed by atoms with Gasteiger partial charge in [0.25, 0.3) is 0 Å². The first-order valence-corrected chi connectivity index (χ1v) is 6.82. The fourth-order valence-corrected chi connectivity index (χ4v) is 1.94. The van der Waals surface area contributed by atoms with Crippen molar-refractivity contribution in [2.24, 2.45) is 0 Å². The third-order valence-corrected chi connectivity index (χ3v) is 3.01. The van der Waals surface area contributed by atoms with Crippen molar-refractivity contribution in [1.29, 1.82) is 0 Å². The highest BCUT2D eigenvalue weighted by Crippen LogP contribution is 2.25. The lowest BCUT2D eigenvalue weighted by Crippen LogP contribution is -2.25. The quantitative estimate of drug-likeness (QED) is 0.745. The highest BCUT2D eigenvalue weighted by Gasteiger charge is 2.01. The minimum Gasteiger partial charge on any atom is -0.491 e. The first-order chi connectivity index (χ1) is 8.59. The zero-order valence-electron chi connectivity index (χ0n) is 10.9. The molecule has 0 atom stereocenters. The number of rotatable bonds is 8. The molecule has 18 heavy (non-hydrogen) atoms. The van der Waals surface area contributed by atoms with E-state index >= 15 is 0 Å². The monoisotopic (exact) mass is 318 g/mol. The molecule has 0 amide bonds. The van der Waals surface area contributed by atoms with Crippen LogP contribution < -0.4 is 10.1 Å². The maximum Gasteiger partial charge on any atom is 0.133 e. The van der Waals surface area contributed by atoms with Gasteiger partial charge in [-0.05, 0) is 67.7 Å². The predicted molar refractivity (Wildman–Crippen MR) is 75.6 cm³/mol. The van der Waals surface area contributed by atoms with E-state index in [9.17, 15) is 4.39 Å². The second-order valence-corrected chi connectivity index (χ2v) is 5.18. The summed E-state index contributed by atoms with van der Waals surface area (Å²) in [4.78, 5) is 2.16. The number of hydrogen-bond acceptors (Lipinski definition) is 3. The Morgan fingerprint density at radius 1 is 1.33 bits per heavy atom. The minimum atomic E-state index is -0.268. The van der Waals surface area contributed by atoms with Crippen LogP contribution in [-0.4, -0.2) is 45.2 Å². The van der Waals surface area contributed by atoms with Crippen LogP contribution in [0.25, 0.3) is 0 Å². The smallest absolute Gasteiger partial charge is 0.133 e. The van der Waals surface area contributed by atoms with Gasteiger partial charge in [-0.3, -0.25) is 0 Å². The summed E-state index contributed by atoms with van der Waals surface area (Å²) in [7, 11) is 4.13. The Hall–Kier alpha value is -0.650. The largest absolute Gasteiger partial charge is 0.491 e. The second-order valence-electron chi connectivity index (χ2n) is 4.33. The number of ether oxygens (including phenoxy) is 1. The average Bonchev–Trinajstić information content (AvgIpc) is 2.30. The zero-order valence-corrected chi connectivity index (χ0v) is 12.5. The van der Waals surface area contributed by atoms with Crippen molar-refractivity contribution in [3.05, 3.63) is 28.5 Å². The molecule has 0 heterocycles. The normalized spacial score (nSPS) is 10.9. The third kappa shape index (κ3) is 6.33. The van der Waals surface area contributed by atoms with Crippen molar-refractivity contribution in [3.8, 4) is 5.75 Å². The van der Waals surface area contributed by atoms with Crippen LogP contribution in [-0.2, 0) is 0 Å². The summed E-state index contributed by atoms with van der Waals surface area (Å²) in [6.45, 7) is 3.42. The molecule has 1 aromatic rings. The molecule has 0 aliphatic rings. The molecule has 0 bridgehead atoms. The van der Waals surface area contributed by atoms with E-state index < -0.39 is 0 Å². The van der Waals surface area contributed by atoms with E-state index in [0.717, 1.165) is 26.1 Å². The Morgan fingerprint density at radius 2 is 2.11 bits per heavy atom. The van der Waals surface area contributed by atoms with E-state index in [-0.39, 0.29) is 5.82 Å². The van der Waals surface area contributed by atoms with E-state index in [1.54, 1.807) is 6.07 Å². The number of halogens is 2. The highest BCUT2D eigenvalue weighted by atomic mass is 79.9. The van der Waals surface area contributed by atoms with Crippen molar-refractivity contribution < 1.29 is 9.13 Å². The Morgan fingerprint density at radius 3 is 2.78 bits per heavy atom. The fraction of sp³-hybridized carbons (Fsp3) is 0.538. The second kappa shape index (κ2) is 8.45. The predicted octanol–water partition coefficient (Wildman–Crippen LogP) is 2.51. The molecule has 102 valence electrons. The molecule has 1 aromatic carbocycles. The summed E-state index contributed by atoms with van der Waals surface area (Å²) in [6, 6.07) is 4.43. The van der Waals surface area contributed by atoms with Crippen LogP contribution in [0, 0.1) is 5.82 Å². The van der Waals surface area contributed by atoms with Gasteiger partial charge < -0.3 is 15.0 Å². The summed E-state index contributed by atoms with van der Waals surface area (Å²) >= 11 is 3.27. The molecular formula is C13H20BrFN2O. The van der Waals surface area contributed by atoms with E-state index in [1.165, 1.54) is 12.1 Å². The SMILES string of the molecule is CN(C)CCCNCCOc1ccc(F)cc1Br. The van der Waals surface area contributed by atoms with Gasteiger partial charge in [-0.1, -0.05) is 0 Å². The molecule has 0 aromatic heterocycles. The molecule has 0 spiro atoms. The lowest BCUT2D eigenvalue weighted by atomic mass is 10.3. The molecular weight excluding hydrogens is 299 g/mol. The van der Waals surface area contributed by atoms with Gasteiger partial charge in [-0.15, -0.1) is 0 Å². The van der Waals surface area contributed by atoms with Gasteiger partial charge in [0.1, 0.15) is 18.2 Å². The van der Waals surface area contributed by atoms with Crippen molar-refractivity contribution in [1.82, 2.24) is 10.2 Å². The van der Waals surface area contributed by atoms with Gasteiger partial charge in [-0.2, -0.15) is 0 Å². The van der Waals surface area contributed by atoms with Crippen molar-refractivity contribution in [3.63, 3.8) is 0 Å². The van der Waals surface area contributed by atoms with Gasteiger partial charge in [0.2, 0.25) is 0 Å². The minimum absolute atomic E-state index is 0.268. The maximum atomic E-state index is 12.8. The van der Waals surface area contributed by atoms with Crippen LogP contribution in [0.5, 0.6) is 5.75 Å². The molecule has 0 aliphatic carbocycles. The Kier molecular flexibility index (Phi) is 7.23.